The zero-order valence-electron chi connectivity index (χ0n) is 10.7. The molecular weight excluding hydrogens is 227 g/mol. The Morgan fingerprint density at radius 1 is 1.39 bits per heavy atom. The molecule has 0 aliphatic heterocycles. The van der Waals surface area contributed by atoms with Gasteiger partial charge in [-0.3, -0.25) is 0 Å². The first-order valence-corrected chi connectivity index (χ1v) is 6.62. The van der Waals surface area contributed by atoms with Gasteiger partial charge in [-0.2, -0.15) is 5.26 Å². The van der Waals surface area contributed by atoms with E-state index in [1.807, 2.05) is 13.0 Å². The highest BCUT2D eigenvalue weighted by Gasteiger charge is 2.26. The van der Waals surface area contributed by atoms with E-state index in [9.17, 15) is 4.39 Å². The van der Waals surface area contributed by atoms with Crippen LogP contribution in [0.4, 0.5) is 4.39 Å². The Kier molecular flexibility index (Phi) is 4.33. The molecule has 1 aromatic carbocycles. The zero-order chi connectivity index (χ0) is 13.0. The molecule has 2 rings (SSSR count). The van der Waals surface area contributed by atoms with Crippen molar-refractivity contribution in [3.63, 3.8) is 0 Å². The van der Waals surface area contributed by atoms with Gasteiger partial charge in [0.25, 0.3) is 0 Å². The van der Waals surface area contributed by atoms with E-state index < -0.39 is 0 Å². The van der Waals surface area contributed by atoms with E-state index in [1.165, 1.54) is 12.5 Å². The lowest BCUT2D eigenvalue weighted by Crippen LogP contribution is -2.39. The summed E-state index contributed by atoms with van der Waals surface area (Å²) >= 11 is 0. The van der Waals surface area contributed by atoms with Gasteiger partial charge in [0.1, 0.15) is 5.82 Å². The minimum absolute atomic E-state index is 0.0830. The first kappa shape index (κ1) is 13.0. The van der Waals surface area contributed by atoms with Gasteiger partial charge in [0.2, 0.25) is 0 Å². The number of hydrogen-bond acceptors (Lipinski definition) is 2. The van der Waals surface area contributed by atoms with E-state index in [4.69, 9.17) is 5.26 Å². The molecule has 1 saturated carbocycles. The van der Waals surface area contributed by atoms with Crippen LogP contribution in [0.2, 0.25) is 0 Å². The molecule has 1 aliphatic rings. The molecule has 1 N–H and O–H groups in total. The second-order valence-electron chi connectivity index (χ2n) is 5.07. The lowest BCUT2D eigenvalue weighted by molar-refractivity contribution is 0.292. The van der Waals surface area contributed by atoms with Crippen LogP contribution in [0.15, 0.2) is 24.3 Å². The maximum Gasteiger partial charge on any atom is 0.123 e. The van der Waals surface area contributed by atoms with Crippen LogP contribution < -0.4 is 5.32 Å². The molecule has 96 valence electrons. The molecule has 1 aromatic rings. The smallest absolute Gasteiger partial charge is 0.123 e. The first-order valence-electron chi connectivity index (χ1n) is 6.62. The van der Waals surface area contributed by atoms with Crippen LogP contribution in [0.3, 0.4) is 0 Å². The summed E-state index contributed by atoms with van der Waals surface area (Å²) in [7, 11) is 0. The number of nitrogens with zero attached hydrogens (tertiary/aromatic N) is 1. The van der Waals surface area contributed by atoms with Crippen LogP contribution in [0.25, 0.3) is 0 Å². The number of benzene rings is 1. The maximum absolute atomic E-state index is 13.2. The molecule has 3 atom stereocenters. The van der Waals surface area contributed by atoms with E-state index >= 15 is 0 Å². The fourth-order valence-corrected chi connectivity index (χ4v) is 2.68. The fraction of sp³-hybridized carbons (Fsp3) is 0.533. The molecule has 3 unspecified atom stereocenters. The molecule has 3 heteroatoms. The van der Waals surface area contributed by atoms with Crippen molar-refractivity contribution in [2.75, 3.05) is 0 Å². The molecule has 0 heterocycles. The molecule has 0 aromatic heterocycles. The third kappa shape index (κ3) is 3.08. The Labute approximate surface area is 108 Å². The summed E-state index contributed by atoms with van der Waals surface area (Å²) in [5.41, 5.74) is 0.942. The molecule has 0 bridgehead atoms. The minimum Gasteiger partial charge on any atom is -0.306 e. The largest absolute Gasteiger partial charge is 0.306 e. The Bertz CT molecular complexity index is 438. The van der Waals surface area contributed by atoms with Gasteiger partial charge < -0.3 is 5.32 Å². The number of nitrogens with one attached hydrogen (secondary N) is 1. The van der Waals surface area contributed by atoms with Gasteiger partial charge in [-0.25, -0.2) is 4.39 Å². The third-order valence-electron chi connectivity index (χ3n) is 3.74. The second kappa shape index (κ2) is 5.97. The van der Waals surface area contributed by atoms with Crippen molar-refractivity contribution in [1.29, 1.82) is 5.26 Å². The van der Waals surface area contributed by atoms with E-state index in [1.54, 1.807) is 12.1 Å². The predicted octanol–water partition coefficient (Wildman–Crippen LogP) is 3.56. The SMILES string of the molecule is CC(NC1CCCCC1C#N)c1cccc(F)c1. The standard InChI is InChI=1S/C15H19FN2/c1-11(12-6-4-7-14(16)9-12)18-15-8-3-2-5-13(15)10-17/h4,6-7,9,11,13,15,18H,2-3,5,8H2,1H3. The summed E-state index contributed by atoms with van der Waals surface area (Å²) < 4.78 is 13.2. The molecule has 0 amide bonds. The van der Waals surface area contributed by atoms with Gasteiger partial charge in [0.15, 0.2) is 0 Å². The monoisotopic (exact) mass is 246 g/mol. The molecule has 0 spiro atoms. The number of hydrogen-bond donors (Lipinski definition) is 1. The Balaban J connectivity index is 2.02. The van der Waals surface area contributed by atoms with Gasteiger partial charge >= 0.3 is 0 Å². The topological polar surface area (TPSA) is 35.8 Å². The van der Waals surface area contributed by atoms with Crippen molar-refractivity contribution in [1.82, 2.24) is 5.32 Å². The first-order chi connectivity index (χ1) is 8.70. The second-order valence-corrected chi connectivity index (χ2v) is 5.07. The van der Waals surface area contributed by atoms with E-state index in [0.717, 1.165) is 24.8 Å². The summed E-state index contributed by atoms with van der Waals surface area (Å²) in [5.74, 6) is -0.114. The summed E-state index contributed by atoms with van der Waals surface area (Å²) in [4.78, 5) is 0. The molecule has 0 saturated heterocycles. The zero-order valence-corrected chi connectivity index (χ0v) is 10.7. The van der Waals surface area contributed by atoms with Crippen molar-refractivity contribution in [2.45, 2.75) is 44.7 Å². The highest BCUT2D eigenvalue weighted by molar-refractivity contribution is 5.19. The van der Waals surface area contributed by atoms with Crippen LogP contribution in [0.1, 0.15) is 44.2 Å². The van der Waals surface area contributed by atoms with Gasteiger partial charge in [0.05, 0.1) is 12.0 Å². The predicted molar refractivity (Wildman–Crippen MR) is 69.3 cm³/mol. The Hall–Kier alpha value is -1.40. The molecule has 1 aliphatic carbocycles. The van der Waals surface area contributed by atoms with Crippen molar-refractivity contribution in [3.8, 4) is 6.07 Å². The number of nitriles is 1. The minimum atomic E-state index is -0.207. The average molecular weight is 246 g/mol. The number of halogens is 1. The van der Waals surface area contributed by atoms with Crippen molar-refractivity contribution < 1.29 is 4.39 Å². The highest BCUT2D eigenvalue weighted by Crippen LogP contribution is 2.26. The van der Waals surface area contributed by atoms with Crippen LogP contribution in [-0.2, 0) is 0 Å². The van der Waals surface area contributed by atoms with Gasteiger partial charge in [0, 0.05) is 12.1 Å². The van der Waals surface area contributed by atoms with Gasteiger partial charge in [-0.05, 0) is 37.5 Å². The van der Waals surface area contributed by atoms with Crippen LogP contribution in [0, 0.1) is 23.1 Å². The molecule has 2 nitrogen and oxygen atoms in total. The molecule has 18 heavy (non-hydrogen) atoms. The Morgan fingerprint density at radius 3 is 2.89 bits per heavy atom. The van der Waals surface area contributed by atoms with Crippen molar-refractivity contribution in [2.24, 2.45) is 5.92 Å². The fourth-order valence-electron chi connectivity index (χ4n) is 2.68. The van der Waals surface area contributed by atoms with Crippen molar-refractivity contribution in [3.05, 3.63) is 35.6 Å². The van der Waals surface area contributed by atoms with E-state index in [0.29, 0.717) is 0 Å². The number of rotatable bonds is 3. The van der Waals surface area contributed by atoms with Crippen LogP contribution in [-0.4, -0.2) is 6.04 Å². The average Bonchev–Trinajstić information content (AvgIpc) is 2.39. The summed E-state index contributed by atoms with van der Waals surface area (Å²) in [6, 6.07) is 9.37. The van der Waals surface area contributed by atoms with Gasteiger partial charge in [-0.1, -0.05) is 25.0 Å². The van der Waals surface area contributed by atoms with Gasteiger partial charge in [-0.15, -0.1) is 0 Å². The Morgan fingerprint density at radius 2 is 2.17 bits per heavy atom. The third-order valence-corrected chi connectivity index (χ3v) is 3.74. The van der Waals surface area contributed by atoms with Crippen LogP contribution >= 0.6 is 0 Å². The van der Waals surface area contributed by atoms with Crippen LogP contribution in [0.5, 0.6) is 0 Å². The molecular formula is C15H19FN2. The lowest BCUT2D eigenvalue weighted by Gasteiger charge is -2.30. The quantitative estimate of drug-likeness (QED) is 0.885. The van der Waals surface area contributed by atoms with E-state index in [-0.39, 0.29) is 23.8 Å². The molecule has 0 radical (unpaired) electrons. The van der Waals surface area contributed by atoms with E-state index in [2.05, 4.69) is 11.4 Å². The summed E-state index contributed by atoms with van der Waals surface area (Å²) in [5, 5.41) is 12.6. The highest BCUT2D eigenvalue weighted by atomic mass is 19.1. The summed E-state index contributed by atoms with van der Waals surface area (Å²) in [6.07, 6.45) is 4.33. The summed E-state index contributed by atoms with van der Waals surface area (Å²) in [6.45, 7) is 2.03. The normalized spacial score (nSPS) is 25.4. The maximum atomic E-state index is 13.2. The lowest BCUT2D eigenvalue weighted by atomic mass is 9.85. The van der Waals surface area contributed by atoms with Crippen molar-refractivity contribution >= 4 is 0 Å². The molecule has 1 fully saturated rings.